The van der Waals surface area contributed by atoms with Gasteiger partial charge in [-0.15, -0.1) is 0 Å². The summed E-state index contributed by atoms with van der Waals surface area (Å²) in [5.41, 5.74) is 5.22. The Bertz CT molecular complexity index is 416. The Kier molecular flexibility index (Phi) is 3.40. The van der Waals surface area contributed by atoms with Crippen molar-refractivity contribution in [2.24, 2.45) is 5.73 Å². The van der Waals surface area contributed by atoms with Crippen LogP contribution in [0.1, 0.15) is 10.4 Å². The van der Waals surface area contributed by atoms with Gasteiger partial charge in [0.2, 0.25) is 5.12 Å². The molecule has 1 rings (SSSR count). The SMILES string of the molecule is N=C(N)SC(=O)c1ccc([N+](=O)[O-])cc1. The first kappa shape index (κ1) is 11.2. The van der Waals surface area contributed by atoms with Gasteiger partial charge in [0.05, 0.1) is 4.92 Å². The summed E-state index contributed by atoms with van der Waals surface area (Å²) in [5.74, 6) is 0. The summed E-state index contributed by atoms with van der Waals surface area (Å²) >= 11 is 0.574. The normalized spacial score (nSPS) is 9.60. The average molecular weight is 225 g/mol. The van der Waals surface area contributed by atoms with Gasteiger partial charge in [-0.1, -0.05) is 0 Å². The molecule has 0 amide bonds. The molecule has 0 aliphatic rings. The Labute approximate surface area is 89.1 Å². The van der Waals surface area contributed by atoms with Crippen LogP contribution in [-0.2, 0) is 0 Å². The second-order valence-electron chi connectivity index (χ2n) is 2.56. The van der Waals surface area contributed by atoms with Crippen LogP contribution in [0.3, 0.4) is 0 Å². The molecule has 0 aliphatic heterocycles. The van der Waals surface area contributed by atoms with Crippen LogP contribution in [0.4, 0.5) is 5.69 Å². The molecule has 0 fully saturated rings. The summed E-state index contributed by atoms with van der Waals surface area (Å²) in [5, 5.41) is 16.5. The number of nitrogens with one attached hydrogen (secondary N) is 1. The molecule has 3 N–H and O–H groups in total. The molecule has 0 bridgehead atoms. The Balaban J connectivity index is 2.84. The van der Waals surface area contributed by atoms with Crippen LogP contribution in [0.15, 0.2) is 24.3 Å². The number of thioether (sulfide) groups is 1. The molecule has 0 unspecified atom stereocenters. The second-order valence-corrected chi connectivity index (χ2v) is 3.57. The lowest BCUT2D eigenvalue weighted by Gasteiger charge is -1.97. The molecule has 0 heterocycles. The highest BCUT2D eigenvalue weighted by Gasteiger charge is 2.10. The Morgan fingerprint density at radius 1 is 1.40 bits per heavy atom. The van der Waals surface area contributed by atoms with E-state index in [0.29, 0.717) is 11.8 Å². The molecule has 7 heteroatoms. The van der Waals surface area contributed by atoms with Gasteiger partial charge < -0.3 is 5.73 Å². The van der Waals surface area contributed by atoms with E-state index in [-0.39, 0.29) is 16.4 Å². The van der Waals surface area contributed by atoms with E-state index in [0.717, 1.165) is 0 Å². The van der Waals surface area contributed by atoms with Crippen molar-refractivity contribution >= 4 is 27.7 Å². The van der Waals surface area contributed by atoms with E-state index in [1.54, 1.807) is 0 Å². The topological polar surface area (TPSA) is 110 Å². The Morgan fingerprint density at radius 2 is 1.93 bits per heavy atom. The molecule has 78 valence electrons. The molecule has 0 aliphatic carbocycles. The van der Waals surface area contributed by atoms with E-state index < -0.39 is 10.0 Å². The maximum absolute atomic E-state index is 11.3. The standard InChI is InChI=1S/C8H7N3O3S/c9-8(10)15-7(12)5-1-3-6(4-2-5)11(13)14/h1-4H,(H3,9,10). The van der Waals surface area contributed by atoms with Gasteiger partial charge in [-0.25, -0.2) is 0 Å². The van der Waals surface area contributed by atoms with Crippen molar-refractivity contribution in [3.63, 3.8) is 0 Å². The first-order valence-corrected chi connectivity index (χ1v) is 4.63. The second kappa shape index (κ2) is 4.56. The summed E-state index contributed by atoms with van der Waals surface area (Å²) in [6, 6.07) is 5.12. The number of rotatable bonds is 2. The zero-order valence-electron chi connectivity index (χ0n) is 7.47. The predicted molar refractivity (Wildman–Crippen MR) is 56.9 cm³/mol. The minimum atomic E-state index is -0.549. The largest absolute Gasteiger partial charge is 0.378 e. The minimum absolute atomic E-state index is 0.0839. The highest BCUT2D eigenvalue weighted by molar-refractivity contribution is 8.26. The number of nitro groups is 1. The number of hydrogen-bond donors (Lipinski definition) is 2. The number of nitrogens with two attached hydrogens (primary N) is 1. The van der Waals surface area contributed by atoms with Gasteiger partial charge in [-0.2, -0.15) is 0 Å². The van der Waals surface area contributed by atoms with Crippen molar-refractivity contribution in [1.29, 1.82) is 5.41 Å². The lowest BCUT2D eigenvalue weighted by Crippen LogP contribution is -2.08. The smallest absolute Gasteiger partial charge is 0.269 e. The van der Waals surface area contributed by atoms with Crippen molar-refractivity contribution in [3.05, 3.63) is 39.9 Å². The number of nitro benzene ring substituents is 1. The van der Waals surface area contributed by atoms with Gasteiger partial charge in [-0.05, 0) is 23.9 Å². The highest BCUT2D eigenvalue weighted by atomic mass is 32.2. The summed E-state index contributed by atoms with van der Waals surface area (Å²) < 4.78 is 0. The number of carbonyl (C=O) groups is 1. The number of carbonyl (C=O) groups excluding carboxylic acids is 1. The monoisotopic (exact) mass is 225 g/mol. The van der Waals surface area contributed by atoms with Crippen LogP contribution in [0.25, 0.3) is 0 Å². The Hall–Kier alpha value is -1.89. The third-order valence-corrected chi connectivity index (χ3v) is 2.16. The number of nitrogens with zero attached hydrogens (tertiary/aromatic N) is 1. The zero-order chi connectivity index (χ0) is 11.4. The molecule has 0 saturated carbocycles. The molecule has 1 aromatic rings. The number of benzene rings is 1. The van der Waals surface area contributed by atoms with Crippen molar-refractivity contribution in [1.82, 2.24) is 0 Å². The lowest BCUT2D eigenvalue weighted by atomic mass is 10.2. The highest BCUT2D eigenvalue weighted by Crippen LogP contribution is 2.16. The van der Waals surface area contributed by atoms with Gasteiger partial charge in [-0.3, -0.25) is 20.3 Å². The van der Waals surface area contributed by atoms with Crippen LogP contribution in [0.5, 0.6) is 0 Å². The summed E-state index contributed by atoms with van der Waals surface area (Å²) in [6.45, 7) is 0. The van der Waals surface area contributed by atoms with Crippen molar-refractivity contribution in [2.45, 2.75) is 0 Å². The molecule has 0 aromatic heterocycles. The fourth-order valence-electron chi connectivity index (χ4n) is 0.878. The van der Waals surface area contributed by atoms with Crippen LogP contribution in [0.2, 0.25) is 0 Å². The first-order valence-electron chi connectivity index (χ1n) is 3.81. The fraction of sp³-hybridized carbons (Fsp3) is 0. The first-order chi connectivity index (χ1) is 7.00. The molecule has 0 radical (unpaired) electrons. The van der Waals surface area contributed by atoms with Crippen LogP contribution in [0, 0.1) is 15.5 Å². The zero-order valence-corrected chi connectivity index (χ0v) is 8.28. The van der Waals surface area contributed by atoms with E-state index in [4.69, 9.17) is 11.1 Å². The maximum Gasteiger partial charge on any atom is 0.269 e. The molecule has 0 spiro atoms. The van der Waals surface area contributed by atoms with Crippen molar-refractivity contribution in [2.75, 3.05) is 0 Å². The summed E-state index contributed by atoms with van der Waals surface area (Å²) in [4.78, 5) is 21.1. The number of hydrogen-bond acceptors (Lipinski definition) is 5. The third kappa shape index (κ3) is 3.06. The van der Waals surface area contributed by atoms with Crippen molar-refractivity contribution < 1.29 is 9.72 Å². The van der Waals surface area contributed by atoms with Gasteiger partial charge in [0, 0.05) is 17.7 Å². The predicted octanol–water partition coefficient (Wildman–Crippen LogP) is 1.36. The summed E-state index contributed by atoms with van der Waals surface area (Å²) in [6.07, 6.45) is 0. The van der Waals surface area contributed by atoms with Crippen LogP contribution < -0.4 is 5.73 Å². The maximum atomic E-state index is 11.3. The quantitative estimate of drug-likeness (QED) is 0.341. The summed E-state index contributed by atoms with van der Waals surface area (Å²) in [7, 11) is 0. The van der Waals surface area contributed by atoms with Crippen molar-refractivity contribution in [3.8, 4) is 0 Å². The van der Waals surface area contributed by atoms with Gasteiger partial charge in [0.25, 0.3) is 5.69 Å². The number of non-ortho nitro benzene ring substituents is 1. The van der Waals surface area contributed by atoms with E-state index in [1.165, 1.54) is 24.3 Å². The molecule has 6 nitrogen and oxygen atoms in total. The average Bonchev–Trinajstić information content (AvgIpc) is 2.17. The van der Waals surface area contributed by atoms with Gasteiger partial charge in [0.15, 0.2) is 5.17 Å². The lowest BCUT2D eigenvalue weighted by molar-refractivity contribution is -0.384. The van der Waals surface area contributed by atoms with E-state index in [2.05, 4.69) is 0 Å². The molecule has 1 aromatic carbocycles. The molecule has 0 saturated heterocycles. The number of amidine groups is 1. The minimum Gasteiger partial charge on any atom is -0.378 e. The van der Waals surface area contributed by atoms with Crippen LogP contribution in [-0.4, -0.2) is 15.2 Å². The molecule has 0 atom stereocenters. The molecule has 15 heavy (non-hydrogen) atoms. The van der Waals surface area contributed by atoms with Gasteiger partial charge in [0.1, 0.15) is 0 Å². The third-order valence-electron chi connectivity index (χ3n) is 1.52. The molecular formula is C8H7N3O3S. The van der Waals surface area contributed by atoms with Gasteiger partial charge >= 0.3 is 0 Å². The van der Waals surface area contributed by atoms with Crippen LogP contribution >= 0.6 is 11.8 Å². The van der Waals surface area contributed by atoms with E-state index in [1.807, 2.05) is 0 Å². The Morgan fingerprint density at radius 3 is 2.33 bits per heavy atom. The van der Waals surface area contributed by atoms with E-state index >= 15 is 0 Å². The molecular weight excluding hydrogens is 218 g/mol. The van der Waals surface area contributed by atoms with E-state index in [9.17, 15) is 14.9 Å². The fourth-order valence-corrected chi connectivity index (χ4v) is 1.33.